The molecule has 1 N–H and O–H groups in total. The highest BCUT2D eigenvalue weighted by Crippen LogP contribution is 2.34. The number of nitrogens with zero attached hydrogens (tertiary/aromatic N) is 4. The first-order valence-electron chi connectivity index (χ1n) is 8.27. The maximum atomic E-state index is 12.4. The van der Waals surface area contributed by atoms with Crippen LogP contribution in [0.5, 0.6) is 0 Å². The standard InChI is InChI=1S/C14H25N5O3S/c1-3-9-23(20,21)19-7-4-5-11(19)14-16-13(17-22-14)12-10-15-6-8-18(12)2/h11-12,15H,3-10H2,1-2H3. The summed E-state index contributed by atoms with van der Waals surface area (Å²) in [6.45, 7) is 5.06. The van der Waals surface area contributed by atoms with E-state index in [0.717, 1.165) is 32.5 Å². The van der Waals surface area contributed by atoms with Gasteiger partial charge in [0.1, 0.15) is 6.04 Å². The molecule has 0 aliphatic carbocycles. The molecule has 2 saturated heterocycles. The summed E-state index contributed by atoms with van der Waals surface area (Å²) in [6.07, 6.45) is 2.18. The minimum Gasteiger partial charge on any atom is -0.337 e. The predicted octanol–water partition coefficient (Wildman–Crippen LogP) is 0.522. The van der Waals surface area contributed by atoms with Crippen LogP contribution in [-0.2, 0) is 10.0 Å². The van der Waals surface area contributed by atoms with Crippen molar-refractivity contribution >= 4 is 10.0 Å². The van der Waals surface area contributed by atoms with E-state index in [2.05, 4.69) is 20.4 Å². The number of aromatic nitrogens is 2. The van der Waals surface area contributed by atoms with E-state index in [9.17, 15) is 8.42 Å². The molecule has 130 valence electrons. The molecule has 3 rings (SSSR count). The summed E-state index contributed by atoms with van der Waals surface area (Å²) in [5.41, 5.74) is 0. The van der Waals surface area contributed by atoms with Crippen LogP contribution in [0.3, 0.4) is 0 Å². The van der Waals surface area contributed by atoms with E-state index < -0.39 is 10.0 Å². The predicted molar refractivity (Wildman–Crippen MR) is 85.3 cm³/mol. The van der Waals surface area contributed by atoms with Crippen molar-refractivity contribution < 1.29 is 12.9 Å². The lowest BCUT2D eigenvalue weighted by molar-refractivity contribution is 0.190. The van der Waals surface area contributed by atoms with Crippen LogP contribution in [0.2, 0.25) is 0 Å². The van der Waals surface area contributed by atoms with Crippen LogP contribution in [0.15, 0.2) is 4.52 Å². The molecule has 0 bridgehead atoms. The van der Waals surface area contributed by atoms with Gasteiger partial charge >= 0.3 is 0 Å². The second-order valence-electron chi connectivity index (χ2n) is 6.28. The van der Waals surface area contributed by atoms with Crippen molar-refractivity contribution in [1.82, 2.24) is 24.7 Å². The van der Waals surface area contributed by atoms with E-state index in [1.54, 1.807) is 0 Å². The van der Waals surface area contributed by atoms with Gasteiger partial charge in [0.2, 0.25) is 15.9 Å². The molecule has 2 aliphatic rings. The fourth-order valence-electron chi connectivity index (χ4n) is 3.31. The van der Waals surface area contributed by atoms with Crippen LogP contribution in [0.25, 0.3) is 0 Å². The fourth-order valence-corrected chi connectivity index (χ4v) is 5.05. The number of hydrogen-bond donors (Lipinski definition) is 1. The molecule has 0 spiro atoms. The smallest absolute Gasteiger partial charge is 0.245 e. The molecular weight excluding hydrogens is 318 g/mol. The third-order valence-corrected chi connectivity index (χ3v) is 6.65. The first-order valence-corrected chi connectivity index (χ1v) is 9.88. The lowest BCUT2D eigenvalue weighted by Gasteiger charge is -2.30. The average molecular weight is 343 g/mol. The van der Waals surface area contributed by atoms with Gasteiger partial charge in [-0.05, 0) is 26.3 Å². The Labute approximate surface area is 137 Å². The minimum atomic E-state index is -3.25. The zero-order valence-corrected chi connectivity index (χ0v) is 14.5. The fraction of sp³-hybridized carbons (Fsp3) is 0.857. The summed E-state index contributed by atoms with van der Waals surface area (Å²) in [5.74, 6) is 1.23. The SMILES string of the molecule is CCCS(=O)(=O)N1CCCC1c1nc(C2CNCCN2C)no1. The largest absolute Gasteiger partial charge is 0.337 e. The number of likely N-dealkylation sites (N-methyl/N-ethyl adjacent to an activating group) is 1. The Morgan fingerprint density at radius 1 is 1.35 bits per heavy atom. The Morgan fingerprint density at radius 2 is 2.17 bits per heavy atom. The van der Waals surface area contributed by atoms with Gasteiger partial charge in [-0.2, -0.15) is 9.29 Å². The third kappa shape index (κ3) is 3.42. The highest BCUT2D eigenvalue weighted by Gasteiger charge is 2.38. The number of hydrogen-bond acceptors (Lipinski definition) is 7. The van der Waals surface area contributed by atoms with Crippen LogP contribution >= 0.6 is 0 Å². The highest BCUT2D eigenvalue weighted by molar-refractivity contribution is 7.89. The van der Waals surface area contributed by atoms with Gasteiger partial charge in [-0.3, -0.25) is 4.90 Å². The monoisotopic (exact) mass is 343 g/mol. The Hall–Kier alpha value is -1.03. The third-order valence-electron chi connectivity index (χ3n) is 4.57. The van der Waals surface area contributed by atoms with Crippen LogP contribution in [0, 0.1) is 0 Å². The number of rotatable bonds is 5. The Morgan fingerprint density at radius 3 is 2.91 bits per heavy atom. The molecule has 2 unspecified atom stereocenters. The van der Waals surface area contributed by atoms with Crippen LogP contribution in [0.4, 0.5) is 0 Å². The lowest BCUT2D eigenvalue weighted by atomic mass is 10.2. The van der Waals surface area contributed by atoms with E-state index in [1.165, 1.54) is 4.31 Å². The second kappa shape index (κ2) is 6.84. The summed E-state index contributed by atoms with van der Waals surface area (Å²) in [6, 6.07) is -0.238. The molecule has 3 heterocycles. The van der Waals surface area contributed by atoms with Crippen LogP contribution in [-0.4, -0.2) is 66.7 Å². The first-order chi connectivity index (χ1) is 11.0. The molecule has 0 saturated carbocycles. The van der Waals surface area contributed by atoms with Gasteiger partial charge in [0.15, 0.2) is 5.82 Å². The van der Waals surface area contributed by atoms with Crippen molar-refractivity contribution in [1.29, 1.82) is 0 Å². The van der Waals surface area contributed by atoms with E-state index >= 15 is 0 Å². The maximum absolute atomic E-state index is 12.4. The number of sulfonamides is 1. The number of piperazine rings is 1. The van der Waals surface area contributed by atoms with Crippen molar-refractivity contribution in [2.75, 3.05) is 39.0 Å². The van der Waals surface area contributed by atoms with Gasteiger partial charge < -0.3 is 9.84 Å². The summed E-state index contributed by atoms with van der Waals surface area (Å²) in [4.78, 5) is 6.71. The molecule has 2 atom stereocenters. The summed E-state index contributed by atoms with van der Waals surface area (Å²) in [5, 5.41) is 7.43. The topological polar surface area (TPSA) is 91.6 Å². The van der Waals surface area contributed by atoms with E-state index in [1.807, 2.05) is 14.0 Å². The maximum Gasteiger partial charge on any atom is 0.245 e. The van der Waals surface area contributed by atoms with Gasteiger partial charge in [-0.1, -0.05) is 12.1 Å². The van der Waals surface area contributed by atoms with Crippen molar-refractivity contribution in [2.24, 2.45) is 0 Å². The minimum absolute atomic E-state index is 0.0725. The van der Waals surface area contributed by atoms with Gasteiger partial charge in [-0.25, -0.2) is 8.42 Å². The first kappa shape index (κ1) is 16.8. The Balaban J connectivity index is 1.79. The molecule has 23 heavy (non-hydrogen) atoms. The Bertz CT molecular complexity index is 632. The van der Waals surface area contributed by atoms with E-state index in [-0.39, 0.29) is 17.8 Å². The molecule has 1 aromatic heterocycles. The molecule has 2 fully saturated rings. The zero-order chi connectivity index (χ0) is 16.4. The van der Waals surface area contributed by atoms with Crippen molar-refractivity contribution in [3.63, 3.8) is 0 Å². The van der Waals surface area contributed by atoms with Crippen molar-refractivity contribution in [3.05, 3.63) is 11.7 Å². The normalized spacial score (nSPS) is 27.6. The Kier molecular flexibility index (Phi) is 5.00. The van der Waals surface area contributed by atoms with E-state index in [4.69, 9.17) is 4.52 Å². The van der Waals surface area contributed by atoms with Crippen LogP contribution in [0.1, 0.15) is 50.0 Å². The van der Waals surface area contributed by atoms with E-state index in [0.29, 0.717) is 24.7 Å². The van der Waals surface area contributed by atoms with Gasteiger partial charge in [0.05, 0.1) is 11.8 Å². The zero-order valence-electron chi connectivity index (χ0n) is 13.7. The van der Waals surface area contributed by atoms with Gasteiger partial charge in [0.25, 0.3) is 0 Å². The quantitative estimate of drug-likeness (QED) is 0.833. The molecule has 8 nitrogen and oxygen atoms in total. The second-order valence-corrected chi connectivity index (χ2v) is 8.32. The van der Waals surface area contributed by atoms with Crippen LogP contribution < -0.4 is 5.32 Å². The molecular formula is C14H25N5O3S. The summed E-state index contributed by atoms with van der Waals surface area (Å²) in [7, 11) is -1.21. The molecule has 9 heteroatoms. The highest BCUT2D eigenvalue weighted by atomic mass is 32.2. The summed E-state index contributed by atoms with van der Waals surface area (Å²) >= 11 is 0. The van der Waals surface area contributed by atoms with Gasteiger partial charge in [-0.15, -0.1) is 0 Å². The number of nitrogens with one attached hydrogen (secondary N) is 1. The molecule has 2 aliphatic heterocycles. The van der Waals surface area contributed by atoms with Crippen molar-refractivity contribution in [2.45, 2.75) is 38.3 Å². The molecule has 1 aromatic rings. The average Bonchev–Trinajstić information content (AvgIpc) is 3.17. The molecule has 0 amide bonds. The van der Waals surface area contributed by atoms with Crippen molar-refractivity contribution in [3.8, 4) is 0 Å². The summed E-state index contributed by atoms with van der Waals surface area (Å²) < 4.78 is 31.8. The van der Waals surface area contributed by atoms with Gasteiger partial charge in [0, 0.05) is 26.2 Å². The molecule has 0 aromatic carbocycles. The molecule has 0 radical (unpaired) electrons. The lowest BCUT2D eigenvalue weighted by Crippen LogP contribution is -2.44.